The molecular weight excluding hydrogens is 312 g/mol. The number of aliphatic hydroxyl groups is 2. The van der Waals surface area contributed by atoms with Crippen LogP contribution in [0, 0.1) is 34.5 Å². The molecule has 0 aromatic carbocycles. The number of allylic oxidation sites excluding steroid dienone is 1. The van der Waals surface area contributed by atoms with E-state index >= 15 is 0 Å². The number of ketones is 1. The number of hydrogen-bond acceptors (Lipinski definition) is 3. The van der Waals surface area contributed by atoms with Gasteiger partial charge in [0.2, 0.25) is 0 Å². The van der Waals surface area contributed by atoms with E-state index in [2.05, 4.69) is 19.9 Å². The van der Waals surface area contributed by atoms with Gasteiger partial charge in [0.25, 0.3) is 0 Å². The normalized spacial score (nSPS) is 52.0. The third-order valence-corrected chi connectivity index (χ3v) is 8.75. The zero-order chi connectivity index (χ0) is 18.0. The van der Waals surface area contributed by atoms with Gasteiger partial charge < -0.3 is 10.2 Å². The number of rotatable bonds is 2. The molecule has 0 bridgehead atoms. The molecule has 0 amide bonds. The van der Waals surface area contributed by atoms with Crippen molar-refractivity contribution >= 4 is 5.78 Å². The average Bonchev–Trinajstić information content (AvgIpc) is 2.91. The Labute approximate surface area is 151 Å². The Balaban J connectivity index is 1.69. The van der Waals surface area contributed by atoms with Crippen molar-refractivity contribution < 1.29 is 15.0 Å². The van der Waals surface area contributed by atoms with Crippen molar-refractivity contribution in [2.24, 2.45) is 34.5 Å². The SMILES string of the molecule is CCC(=O)[C@@H]1CCC2C3CC=C4C[C@@H](O)CC[C@]4(C)C3[C@@H](O)C[C@@]21C. The van der Waals surface area contributed by atoms with Crippen LogP contribution in [0.2, 0.25) is 0 Å². The molecule has 3 fully saturated rings. The van der Waals surface area contributed by atoms with Gasteiger partial charge >= 0.3 is 0 Å². The molecule has 2 N–H and O–H groups in total. The van der Waals surface area contributed by atoms with Crippen molar-refractivity contribution in [2.75, 3.05) is 0 Å². The molecular formula is C22H34O3. The molecule has 0 aromatic rings. The van der Waals surface area contributed by atoms with Gasteiger partial charge in [-0.3, -0.25) is 4.79 Å². The summed E-state index contributed by atoms with van der Waals surface area (Å²) in [7, 11) is 0. The van der Waals surface area contributed by atoms with E-state index in [0.29, 0.717) is 30.0 Å². The monoisotopic (exact) mass is 346 g/mol. The van der Waals surface area contributed by atoms with E-state index in [-0.39, 0.29) is 29.0 Å². The molecule has 0 aromatic heterocycles. The molecule has 4 rings (SSSR count). The molecule has 4 aliphatic carbocycles. The Morgan fingerprint density at radius 1 is 1.24 bits per heavy atom. The number of hydrogen-bond donors (Lipinski definition) is 2. The minimum Gasteiger partial charge on any atom is -0.393 e. The Morgan fingerprint density at radius 2 is 2.00 bits per heavy atom. The lowest BCUT2D eigenvalue weighted by atomic mass is 9.46. The second kappa shape index (κ2) is 5.92. The second-order valence-electron chi connectivity index (χ2n) is 9.80. The van der Waals surface area contributed by atoms with Crippen molar-refractivity contribution in [2.45, 2.75) is 84.3 Å². The molecule has 3 saturated carbocycles. The average molecular weight is 347 g/mol. The first-order valence-electron chi connectivity index (χ1n) is 10.4. The number of carbonyl (C=O) groups excluding carboxylic acids is 1. The number of aliphatic hydroxyl groups excluding tert-OH is 2. The summed E-state index contributed by atoms with van der Waals surface area (Å²) in [5.74, 6) is 1.89. The molecule has 8 atom stereocenters. The van der Waals surface area contributed by atoms with Crippen LogP contribution in [0.4, 0.5) is 0 Å². The quantitative estimate of drug-likeness (QED) is 0.746. The summed E-state index contributed by atoms with van der Waals surface area (Å²) in [4.78, 5) is 12.5. The van der Waals surface area contributed by atoms with E-state index in [4.69, 9.17) is 0 Å². The molecule has 25 heavy (non-hydrogen) atoms. The molecule has 3 nitrogen and oxygen atoms in total. The van der Waals surface area contributed by atoms with Gasteiger partial charge in [-0.1, -0.05) is 32.4 Å². The first kappa shape index (κ1) is 17.7. The molecule has 4 aliphatic rings. The minimum absolute atomic E-state index is 0.0242. The van der Waals surface area contributed by atoms with Crippen molar-refractivity contribution in [3.63, 3.8) is 0 Å². The third-order valence-electron chi connectivity index (χ3n) is 8.75. The fourth-order valence-corrected chi connectivity index (χ4v) is 7.55. The fourth-order valence-electron chi connectivity index (χ4n) is 7.55. The van der Waals surface area contributed by atoms with E-state index in [1.54, 1.807) is 0 Å². The Bertz CT molecular complexity index is 596. The standard InChI is InChI=1S/C22H34O3/c1-4-18(24)17-8-7-16-15-6-5-13-11-14(23)9-10-21(13,2)20(15)19(25)12-22(16,17)3/h5,14-17,19-20,23,25H,4,6-12H2,1-3H3/t14-,15?,16?,17-,19-,20?,21-,22-/m0/s1. The lowest BCUT2D eigenvalue weighted by Gasteiger charge is -2.59. The van der Waals surface area contributed by atoms with E-state index in [0.717, 1.165) is 44.9 Å². The van der Waals surface area contributed by atoms with Gasteiger partial charge in [-0.2, -0.15) is 0 Å². The molecule has 0 saturated heterocycles. The molecule has 140 valence electrons. The lowest BCUT2D eigenvalue weighted by molar-refractivity contribution is -0.141. The highest BCUT2D eigenvalue weighted by Gasteiger charge is 2.62. The van der Waals surface area contributed by atoms with Crippen LogP contribution in [0.1, 0.15) is 72.1 Å². The summed E-state index contributed by atoms with van der Waals surface area (Å²) in [6, 6.07) is 0. The van der Waals surface area contributed by atoms with Gasteiger partial charge in [0.15, 0.2) is 0 Å². The second-order valence-corrected chi connectivity index (χ2v) is 9.80. The van der Waals surface area contributed by atoms with E-state index in [9.17, 15) is 15.0 Å². The predicted molar refractivity (Wildman–Crippen MR) is 97.9 cm³/mol. The van der Waals surface area contributed by atoms with Crippen LogP contribution in [0.25, 0.3) is 0 Å². The summed E-state index contributed by atoms with van der Waals surface area (Å²) in [6.07, 6.45) is 9.05. The van der Waals surface area contributed by atoms with Crippen LogP contribution in [-0.2, 0) is 4.79 Å². The lowest BCUT2D eigenvalue weighted by Crippen LogP contribution is -2.56. The maximum Gasteiger partial charge on any atom is 0.136 e. The van der Waals surface area contributed by atoms with Crippen molar-refractivity contribution in [3.05, 3.63) is 11.6 Å². The van der Waals surface area contributed by atoms with Gasteiger partial charge in [-0.05, 0) is 73.5 Å². The largest absolute Gasteiger partial charge is 0.393 e. The predicted octanol–water partition coefficient (Wildman–Crippen LogP) is 3.88. The third kappa shape index (κ3) is 2.41. The molecule has 3 heteroatoms. The summed E-state index contributed by atoms with van der Waals surface area (Å²) in [5.41, 5.74) is 1.40. The minimum atomic E-state index is -0.319. The van der Waals surface area contributed by atoms with Gasteiger partial charge in [0.05, 0.1) is 12.2 Å². The van der Waals surface area contributed by atoms with Crippen LogP contribution < -0.4 is 0 Å². The molecule has 0 spiro atoms. The van der Waals surface area contributed by atoms with Crippen molar-refractivity contribution in [3.8, 4) is 0 Å². The van der Waals surface area contributed by atoms with E-state index in [1.807, 2.05) is 6.92 Å². The Kier molecular flexibility index (Phi) is 4.20. The first-order chi connectivity index (χ1) is 11.8. The molecule has 0 heterocycles. The van der Waals surface area contributed by atoms with Crippen molar-refractivity contribution in [1.82, 2.24) is 0 Å². The fraction of sp³-hybridized carbons (Fsp3) is 0.864. The van der Waals surface area contributed by atoms with E-state index < -0.39 is 0 Å². The topological polar surface area (TPSA) is 57.5 Å². The van der Waals surface area contributed by atoms with Crippen LogP contribution in [0.5, 0.6) is 0 Å². The molecule has 0 aliphatic heterocycles. The van der Waals surface area contributed by atoms with E-state index in [1.165, 1.54) is 5.57 Å². The Morgan fingerprint density at radius 3 is 2.72 bits per heavy atom. The summed E-state index contributed by atoms with van der Waals surface area (Å²) in [5, 5.41) is 21.4. The summed E-state index contributed by atoms with van der Waals surface area (Å²) in [6.45, 7) is 6.59. The van der Waals surface area contributed by atoms with Crippen LogP contribution >= 0.6 is 0 Å². The van der Waals surface area contributed by atoms with Crippen LogP contribution in [0.15, 0.2) is 11.6 Å². The highest BCUT2D eigenvalue weighted by Crippen LogP contribution is 2.66. The number of Topliss-reactive ketones (excluding diaryl/α,β-unsaturated/α-hetero) is 1. The van der Waals surface area contributed by atoms with Gasteiger partial charge in [-0.25, -0.2) is 0 Å². The van der Waals surface area contributed by atoms with Gasteiger partial charge in [0, 0.05) is 12.3 Å². The molecule has 0 radical (unpaired) electrons. The van der Waals surface area contributed by atoms with Crippen molar-refractivity contribution in [1.29, 1.82) is 0 Å². The van der Waals surface area contributed by atoms with Crippen LogP contribution in [-0.4, -0.2) is 28.2 Å². The van der Waals surface area contributed by atoms with Crippen LogP contribution in [0.3, 0.4) is 0 Å². The number of carbonyl (C=O) groups is 1. The van der Waals surface area contributed by atoms with Gasteiger partial charge in [0.1, 0.15) is 5.78 Å². The highest BCUT2D eigenvalue weighted by atomic mass is 16.3. The zero-order valence-electron chi connectivity index (χ0n) is 16.0. The smallest absolute Gasteiger partial charge is 0.136 e. The Hall–Kier alpha value is -0.670. The molecule has 3 unspecified atom stereocenters. The maximum atomic E-state index is 12.5. The number of fused-ring (bicyclic) bond motifs is 5. The first-order valence-corrected chi connectivity index (χ1v) is 10.4. The summed E-state index contributed by atoms with van der Waals surface area (Å²) >= 11 is 0. The summed E-state index contributed by atoms with van der Waals surface area (Å²) < 4.78 is 0. The maximum absolute atomic E-state index is 12.5. The van der Waals surface area contributed by atoms with Gasteiger partial charge in [-0.15, -0.1) is 0 Å². The highest BCUT2D eigenvalue weighted by molar-refractivity contribution is 5.82. The zero-order valence-corrected chi connectivity index (χ0v) is 16.0.